The average Bonchev–Trinajstić information content (AvgIpc) is 2.54. The Balaban J connectivity index is 1.99. The van der Waals surface area contributed by atoms with E-state index in [9.17, 15) is 0 Å². The Hall–Kier alpha value is -1.72. The van der Waals surface area contributed by atoms with Crippen molar-refractivity contribution in [2.24, 2.45) is 0 Å². The van der Waals surface area contributed by atoms with Crippen molar-refractivity contribution in [1.82, 2.24) is 0 Å². The van der Waals surface area contributed by atoms with Crippen LogP contribution in [0.25, 0.3) is 0 Å². The first-order valence-corrected chi connectivity index (χ1v) is 7.89. The lowest BCUT2D eigenvalue weighted by Gasteiger charge is -2.12. The van der Waals surface area contributed by atoms with E-state index in [1.807, 2.05) is 13.8 Å². The van der Waals surface area contributed by atoms with Gasteiger partial charge in [0.1, 0.15) is 23.0 Å². The van der Waals surface area contributed by atoms with Crippen LogP contribution in [0.3, 0.4) is 0 Å². The first kappa shape index (κ1) is 17.6. The first-order chi connectivity index (χ1) is 11.1. The van der Waals surface area contributed by atoms with Crippen molar-refractivity contribution in [1.29, 1.82) is 0 Å². The average molecular weight is 354 g/mol. The van der Waals surface area contributed by atoms with E-state index in [-0.39, 0.29) is 0 Å². The van der Waals surface area contributed by atoms with Crippen LogP contribution in [-0.4, -0.2) is 20.9 Å². The third kappa shape index (κ3) is 5.15. The van der Waals surface area contributed by atoms with E-state index in [0.717, 1.165) is 7.69 Å². The van der Waals surface area contributed by atoms with Crippen LogP contribution >= 0.6 is 23.2 Å². The van der Waals surface area contributed by atoms with Crippen molar-refractivity contribution in [2.75, 3.05) is 13.2 Å². The highest BCUT2D eigenvalue weighted by Gasteiger charge is 2.10. The third-order valence-corrected chi connectivity index (χ3v) is 3.40. The molecule has 0 aliphatic carbocycles. The van der Waals surface area contributed by atoms with Gasteiger partial charge in [-0.15, -0.1) is 0 Å². The van der Waals surface area contributed by atoms with Gasteiger partial charge in [0.05, 0.1) is 23.3 Å². The van der Waals surface area contributed by atoms with E-state index in [0.29, 0.717) is 46.3 Å². The highest BCUT2D eigenvalue weighted by molar-refractivity contribution is 6.34. The molecule has 2 aromatic carbocycles. The van der Waals surface area contributed by atoms with Crippen LogP contribution in [-0.2, 0) is 0 Å². The molecule has 2 rings (SSSR count). The number of hydrogen-bond acceptors (Lipinski definition) is 4. The zero-order chi connectivity index (χ0) is 16.7. The second kappa shape index (κ2) is 8.80. The number of rotatable bonds is 8. The Kier molecular flexibility index (Phi) is 6.75. The summed E-state index contributed by atoms with van der Waals surface area (Å²) in [6, 6.07) is 10.3. The van der Waals surface area contributed by atoms with E-state index < -0.39 is 0 Å². The summed E-state index contributed by atoms with van der Waals surface area (Å²) in [5, 5.41) is 0.893. The number of benzene rings is 2. The van der Waals surface area contributed by atoms with Crippen LogP contribution in [0.15, 0.2) is 36.4 Å². The molecule has 121 valence electrons. The van der Waals surface area contributed by atoms with Gasteiger partial charge in [0.25, 0.3) is 0 Å². The van der Waals surface area contributed by atoms with Crippen LogP contribution < -0.4 is 18.8 Å². The minimum Gasteiger partial charge on any atom is -0.525 e. The lowest BCUT2D eigenvalue weighted by molar-refractivity contribution is 0.338. The van der Waals surface area contributed by atoms with Gasteiger partial charge in [-0.3, -0.25) is 0 Å². The van der Waals surface area contributed by atoms with Crippen LogP contribution in [0, 0.1) is 0 Å². The quantitative estimate of drug-likeness (QED) is 0.640. The van der Waals surface area contributed by atoms with Gasteiger partial charge in [-0.05, 0) is 38.1 Å². The predicted octanol–water partition coefficient (Wildman–Crippen LogP) is 4.78. The number of hydrogen-bond donors (Lipinski definition) is 0. The van der Waals surface area contributed by atoms with Gasteiger partial charge in [0.2, 0.25) is 0 Å². The normalized spacial score (nSPS) is 10.1. The molecule has 4 nitrogen and oxygen atoms in total. The molecule has 0 fully saturated rings. The molecule has 0 spiro atoms. The van der Waals surface area contributed by atoms with Crippen molar-refractivity contribution < 1.29 is 18.8 Å². The Bertz CT molecular complexity index is 596. The van der Waals surface area contributed by atoms with Crippen molar-refractivity contribution in [2.45, 2.75) is 13.8 Å². The maximum Gasteiger partial charge on any atom is 0.658 e. The van der Waals surface area contributed by atoms with E-state index in [1.165, 1.54) is 0 Å². The fraction of sp³-hybridized carbons (Fsp3) is 0.250. The highest BCUT2D eigenvalue weighted by Crippen LogP contribution is 2.31. The van der Waals surface area contributed by atoms with Crippen LogP contribution in [0.2, 0.25) is 10.0 Å². The summed E-state index contributed by atoms with van der Waals surface area (Å²) in [6.45, 7) is 4.91. The van der Waals surface area contributed by atoms with Gasteiger partial charge in [0.15, 0.2) is 0 Å². The Morgan fingerprint density at radius 3 is 1.61 bits per heavy atom. The van der Waals surface area contributed by atoms with Gasteiger partial charge >= 0.3 is 7.69 Å². The molecule has 1 radical (unpaired) electrons. The van der Waals surface area contributed by atoms with E-state index >= 15 is 0 Å². The van der Waals surface area contributed by atoms with Crippen LogP contribution in [0.1, 0.15) is 13.8 Å². The number of halogens is 2. The molecule has 0 heterocycles. The SMILES string of the molecule is CCOc1ccc(Cl)c(O[B]Oc2cc(OCC)ccc2Cl)c1. The Morgan fingerprint density at radius 1 is 0.783 bits per heavy atom. The summed E-state index contributed by atoms with van der Waals surface area (Å²) in [6.07, 6.45) is 0. The molecule has 0 aromatic heterocycles. The second-order valence-electron chi connectivity index (χ2n) is 4.38. The lowest BCUT2D eigenvalue weighted by Crippen LogP contribution is -2.11. The molecule has 0 N–H and O–H groups in total. The molecule has 0 atom stereocenters. The fourth-order valence-corrected chi connectivity index (χ4v) is 2.11. The lowest BCUT2D eigenvalue weighted by atomic mass is 10.2. The molecule has 0 unspecified atom stereocenters. The van der Waals surface area contributed by atoms with E-state index in [1.54, 1.807) is 36.4 Å². The molecule has 23 heavy (non-hydrogen) atoms. The van der Waals surface area contributed by atoms with E-state index in [4.69, 9.17) is 42.0 Å². The summed E-state index contributed by atoms with van der Waals surface area (Å²) < 4.78 is 21.6. The van der Waals surface area contributed by atoms with Gasteiger partial charge in [-0.2, -0.15) is 0 Å². The van der Waals surface area contributed by atoms with E-state index in [2.05, 4.69) is 0 Å². The molecule has 0 bridgehead atoms. The second-order valence-corrected chi connectivity index (χ2v) is 5.20. The van der Waals surface area contributed by atoms with Gasteiger partial charge < -0.3 is 18.8 Å². The van der Waals surface area contributed by atoms with Gasteiger partial charge in [-0.1, -0.05) is 23.2 Å². The van der Waals surface area contributed by atoms with Gasteiger partial charge in [-0.25, -0.2) is 0 Å². The predicted molar refractivity (Wildman–Crippen MR) is 92.3 cm³/mol. The highest BCUT2D eigenvalue weighted by atomic mass is 35.5. The van der Waals surface area contributed by atoms with Gasteiger partial charge in [0, 0.05) is 12.1 Å². The first-order valence-electron chi connectivity index (χ1n) is 7.13. The summed E-state index contributed by atoms with van der Waals surface area (Å²) in [4.78, 5) is 0. The molecular weight excluding hydrogens is 338 g/mol. The summed E-state index contributed by atoms with van der Waals surface area (Å²) >= 11 is 12.1. The zero-order valence-electron chi connectivity index (χ0n) is 12.8. The number of ether oxygens (including phenoxy) is 2. The molecule has 0 aliphatic rings. The zero-order valence-corrected chi connectivity index (χ0v) is 14.4. The molecule has 0 aliphatic heterocycles. The third-order valence-electron chi connectivity index (χ3n) is 2.78. The van der Waals surface area contributed by atoms with Crippen molar-refractivity contribution in [3.05, 3.63) is 46.4 Å². The van der Waals surface area contributed by atoms with Crippen LogP contribution in [0.5, 0.6) is 23.0 Å². The monoisotopic (exact) mass is 353 g/mol. The standard InChI is InChI=1S/C16H16BCl2O4/c1-3-20-11-5-7-13(18)15(9-11)22-17-23-16-10-12(21-4-2)6-8-14(16)19/h5-10H,3-4H2,1-2H3. The van der Waals surface area contributed by atoms with Crippen molar-refractivity contribution in [3.8, 4) is 23.0 Å². The summed E-state index contributed by atoms with van der Waals surface area (Å²) in [7, 11) is 1.16. The topological polar surface area (TPSA) is 36.9 Å². The Labute approximate surface area is 146 Å². The van der Waals surface area contributed by atoms with Crippen molar-refractivity contribution >= 4 is 30.9 Å². The molecule has 0 amide bonds. The molecule has 2 aromatic rings. The maximum absolute atomic E-state index is 6.07. The molecule has 0 saturated carbocycles. The van der Waals surface area contributed by atoms with Crippen LogP contribution in [0.4, 0.5) is 0 Å². The van der Waals surface area contributed by atoms with Crippen molar-refractivity contribution in [3.63, 3.8) is 0 Å². The summed E-state index contributed by atoms with van der Waals surface area (Å²) in [5.41, 5.74) is 0. The largest absolute Gasteiger partial charge is 0.658 e. The smallest absolute Gasteiger partial charge is 0.525 e. The minimum absolute atomic E-state index is 0.426. The molecule has 0 saturated heterocycles. The summed E-state index contributed by atoms with van der Waals surface area (Å²) in [5.74, 6) is 2.18. The fourth-order valence-electron chi connectivity index (χ4n) is 1.79. The maximum atomic E-state index is 6.07. The molecule has 7 heteroatoms. The minimum atomic E-state index is 0.426. The Morgan fingerprint density at radius 2 is 1.22 bits per heavy atom. The molecular formula is C16H16BCl2O4.